The van der Waals surface area contributed by atoms with E-state index in [-0.39, 0.29) is 5.41 Å². The van der Waals surface area contributed by atoms with Crippen LogP contribution in [0.4, 0.5) is 0 Å². The van der Waals surface area contributed by atoms with Crippen LogP contribution >= 0.6 is 23.2 Å². The summed E-state index contributed by atoms with van der Waals surface area (Å²) in [7, 11) is 0. The Kier molecular flexibility index (Phi) is 5.24. The average Bonchev–Trinajstić information content (AvgIpc) is 3.49. The number of benzene rings is 4. The van der Waals surface area contributed by atoms with Crippen LogP contribution in [0.2, 0.25) is 10.0 Å². The number of fused-ring (bicyclic) bond motifs is 2. The summed E-state index contributed by atoms with van der Waals surface area (Å²) in [6, 6.07) is 30.0. The second kappa shape index (κ2) is 8.51. The molecule has 0 nitrogen and oxygen atoms in total. The first kappa shape index (κ1) is 22.2. The fourth-order valence-corrected chi connectivity index (χ4v) is 6.74. The van der Waals surface area contributed by atoms with Crippen LogP contribution in [0, 0.1) is 5.41 Å². The van der Waals surface area contributed by atoms with E-state index >= 15 is 0 Å². The van der Waals surface area contributed by atoms with E-state index in [1.165, 1.54) is 63.8 Å². The van der Waals surface area contributed by atoms with Gasteiger partial charge in [0.2, 0.25) is 0 Å². The van der Waals surface area contributed by atoms with Crippen molar-refractivity contribution < 1.29 is 0 Å². The molecule has 0 bridgehead atoms. The summed E-state index contributed by atoms with van der Waals surface area (Å²) in [5.74, 6) is 0. The zero-order valence-corrected chi connectivity index (χ0v) is 21.5. The predicted molar refractivity (Wildman–Crippen MR) is 153 cm³/mol. The highest BCUT2D eigenvalue weighted by molar-refractivity contribution is 6.31. The number of hydrogen-bond acceptors (Lipinski definition) is 0. The van der Waals surface area contributed by atoms with E-state index in [9.17, 15) is 0 Å². The summed E-state index contributed by atoms with van der Waals surface area (Å²) < 4.78 is 0. The fraction of sp³-hybridized carbons (Fsp3) is 0.176. The lowest BCUT2D eigenvalue weighted by Crippen LogP contribution is -2.34. The monoisotopic (exact) mass is 504 g/mol. The fourth-order valence-electron chi connectivity index (χ4n) is 6.49. The second-order valence-electron chi connectivity index (χ2n) is 10.4. The molecule has 1 fully saturated rings. The number of allylic oxidation sites excluding steroid dienone is 2. The molecular weight excluding hydrogens is 479 g/mol. The largest absolute Gasteiger partial charge is 0.0843 e. The molecule has 0 atom stereocenters. The van der Waals surface area contributed by atoms with Gasteiger partial charge in [-0.25, -0.2) is 0 Å². The summed E-state index contributed by atoms with van der Waals surface area (Å²) in [5.41, 5.74) is 14.1. The Balaban J connectivity index is 1.28. The Morgan fingerprint density at radius 2 is 0.972 bits per heavy atom. The summed E-state index contributed by atoms with van der Waals surface area (Å²) in [6.45, 7) is 0. The molecule has 0 spiro atoms. The molecule has 0 saturated heterocycles. The van der Waals surface area contributed by atoms with Crippen LogP contribution in [0.15, 0.2) is 96.1 Å². The van der Waals surface area contributed by atoms with Gasteiger partial charge < -0.3 is 0 Å². The molecule has 3 aliphatic carbocycles. The van der Waals surface area contributed by atoms with E-state index in [0.29, 0.717) is 0 Å². The van der Waals surface area contributed by atoms with E-state index in [0.717, 1.165) is 22.9 Å². The maximum absolute atomic E-state index is 6.17. The number of halogens is 2. The quantitative estimate of drug-likeness (QED) is 0.259. The lowest BCUT2D eigenvalue weighted by atomic mass is 9.59. The minimum absolute atomic E-state index is 0.187. The van der Waals surface area contributed by atoms with E-state index < -0.39 is 0 Å². The molecule has 4 aromatic carbocycles. The van der Waals surface area contributed by atoms with Gasteiger partial charge in [0.25, 0.3) is 0 Å². The smallest absolute Gasteiger partial charge is 0.0406 e. The van der Waals surface area contributed by atoms with Gasteiger partial charge in [-0.2, -0.15) is 0 Å². The van der Waals surface area contributed by atoms with Crippen LogP contribution in [0.5, 0.6) is 0 Å². The van der Waals surface area contributed by atoms with Crippen LogP contribution in [0.3, 0.4) is 0 Å². The van der Waals surface area contributed by atoms with E-state index in [2.05, 4.69) is 72.8 Å². The molecule has 0 aliphatic heterocycles. The van der Waals surface area contributed by atoms with Crippen molar-refractivity contribution in [1.82, 2.24) is 0 Å². The SMILES string of the molecule is Clc1ccc(-c2cccc3c2C=C(C2(C4=Cc5c(cccc5-c5ccc(Cl)cc5)C4)CCC2)C3)cc1. The first-order chi connectivity index (χ1) is 17.6. The van der Waals surface area contributed by atoms with Crippen LogP contribution < -0.4 is 0 Å². The van der Waals surface area contributed by atoms with Gasteiger partial charge >= 0.3 is 0 Å². The number of hydrogen-bond donors (Lipinski definition) is 0. The van der Waals surface area contributed by atoms with Crippen LogP contribution in [-0.2, 0) is 12.8 Å². The maximum atomic E-state index is 6.17. The zero-order chi connectivity index (χ0) is 24.3. The lowest BCUT2D eigenvalue weighted by Gasteiger charge is -2.45. The Bertz CT molecular complexity index is 1430. The van der Waals surface area contributed by atoms with Gasteiger partial charge in [0.15, 0.2) is 0 Å². The van der Waals surface area contributed by atoms with Gasteiger partial charge in [0, 0.05) is 15.5 Å². The third-order valence-corrected chi connectivity index (χ3v) is 9.04. The highest BCUT2D eigenvalue weighted by Crippen LogP contribution is 2.58. The van der Waals surface area contributed by atoms with Gasteiger partial charge in [-0.3, -0.25) is 0 Å². The topological polar surface area (TPSA) is 0 Å². The molecule has 0 heterocycles. The Morgan fingerprint density at radius 1 is 0.528 bits per heavy atom. The molecule has 0 radical (unpaired) electrons. The molecule has 7 rings (SSSR count). The van der Waals surface area contributed by atoms with Gasteiger partial charge in [-0.15, -0.1) is 0 Å². The Morgan fingerprint density at radius 3 is 1.36 bits per heavy atom. The molecule has 0 unspecified atom stereocenters. The van der Waals surface area contributed by atoms with Crippen molar-refractivity contribution in [2.24, 2.45) is 5.41 Å². The third-order valence-electron chi connectivity index (χ3n) is 8.54. The standard InChI is InChI=1S/C34H26Cl2/c35-28-12-8-22(9-13-28)30-6-1-4-24-18-26(20-32(24)30)34(16-3-17-34)27-19-25-5-2-7-31(33(25)21-27)23-10-14-29(36)15-11-23/h1-2,4-15,20-21H,3,16-19H2. The van der Waals surface area contributed by atoms with Crippen molar-refractivity contribution in [3.05, 3.63) is 128 Å². The molecule has 4 aromatic rings. The van der Waals surface area contributed by atoms with Crippen molar-refractivity contribution in [3.63, 3.8) is 0 Å². The number of rotatable bonds is 4. The summed E-state index contributed by atoms with van der Waals surface area (Å²) in [5, 5.41) is 1.56. The first-order valence-corrected chi connectivity index (χ1v) is 13.5. The molecule has 2 heteroatoms. The third kappa shape index (κ3) is 3.51. The van der Waals surface area contributed by atoms with Crippen molar-refractivity contribution in [3.8, 4) is 22.3 Å². The maximum Gasteiger partial charge on any atom is 0.0406 e. The van der Waals surface area contributed by atoms with Gasteiger partial charge in [0.05, 0.1) is 0 Å². The second-order valence-corrected chi connectivity index (χ2v) is 11.3. The summed E-state index contributed by atoms with van der Waals surface area (Å²) in [6.07, 6.45) is 10.9. The lowest BCUT2D eigenvalue weighted by molar-refractivity contribution is 0.235. The van der Waals surface area contributed by atoms with Crippen LogP contribution in [-0.4, -0.2) is 0 Å². The molecule has 0 N–H and O–H groups in total. The van der Waals surface area contributed by atoms with Crippen molar-refractivity contribution in [2.45, 2.75) is 32.1 Å². The molecule has 176 valence electrons. The predicted octanol–water partition coefficient (Wildman–Crippen LogP) is 10.1. The molecule has 1 saturated carbocycles. The molecule has 3 aliphatic rings. The zero-order valence-electron chi connectivity index (χ0n) is 20.0. The van der Waals surface area contributed by atoms with Gasteiger partial charge in [-0.1, -0.05) is 114 Å². The van der Waals surface area contributed by atoms with Crippen molar-refractivity contribution in [2.75, 3.05) is 0 Å². The van der Waals surface area contributed by atoms with E-state index in [4.69, 9.17) is 23.2 Å². The molecule has 0 amide bonds. The van der Waals surface area contributed by atoms with Gasteiger partial charge in [-0.05, 0) is 94.5 Å². The summed E-state index contributed by atoms with van der Waals surface area (Å²) >= 11 is 12.3. The summed E-state index contributed by atoms with van der Waals surface area (Å²) in [4.78, 5) is 0. The highest BCUT2D eigenvalue weighted by Gasteiger charge is 2.45. The van der Waals surface area contributed by atoms with Crippen LogP contribution in [0.25, 0.3) is 34.4 Å². The van der Waals surface area contributed by atoms with Crippen molar-refractivity contribution in [1.29, 1.82) is 0 Å². The first-order valence-electron chi connectivity index (χ1n) is 12.8. The molecule has 0 aromatic heterocycles. The van der Waals surface area contributed by atoms with Crippen molar-refractivity contribution >= 4 is 35.4 Å². The normalized spacial score (nSPS) is 17.2. The van der Waals surface area contributed by atoms with E-state index in [1.807, 2.05) is 24.3 Å². The molecular formula is C34H26Cl2. The van der Waals surface area contributed by atoms with Gasteiger partial charge in [0.1, 0.15) is 0 Å². The van der Waals surface area contributed by atoms with Crippen LogP contribution in [0.1, 0.15) is 41.5 Å². The minimum Gasteiger partial charge on any atom is -0.0843 e. The average molecular weight is 505 g/mol. The Labute approximate surface area is 222 Å². The Hall–Kier alpha value is -3.06. The minimum atomic E-state index is 0.187. The molecule has 36 heavy (non-hydrogen) atoms. The van der Waals surface area contributed by atoms with E-state index in [1.54, 1.807) is 11.1 Å². The highest BCUT2D eigenvalue weighted by atomic mass is 35.5.